The van der Waals surface area contributed by atoms with Crippen molar-refractivity contribution in [1.29, 1.82) is 0 Å². The van der Waals surface area contributed by atoms with Gasteiger partial charge in [0, 0.05) is 18.0 Å². The minimum absolute atomic E-state index is 0.00165. The fourth-order valence-corrected chi connectivity index (χ4v) is 1.60. The average molecular weight is 235 g/mol. The van der Waals surface area contributed by atoms with E-state index in [0.717, 1.165) is 18.4 Å². The molecule has 0 N–H and O–H groups in total. The summed E-state index contributed by atoms with van der Waals surface area (Å²) in [5.74, 6) is -0.108. The number of hydrogen-bond acceptors (Lipinski definition) is 3. The molecule has 0 amide bonds. The van der Waals surface area contributed by atoms with E-state index in [2.05, 4.69) is 11.9 Å². The maximum atomic E-state index is 11.7. The lowest BCUT2D eigenvalue weighted by Gasteiger charge is -2.10. The number of carbonyl (C=O) groups excluding carboxylic acids is 1. The Morgan fingerprint density at radius 1 is 1.47 bits per heavy atom. The fourth-order valence-electron chi connectivity index (χ4n) is 1.60. The first-order valence-electron chi connectivity index (χ1n) is 6.29. The van der Waals surface area contributed by atoms with Gasteiger partial charge in [-0.25, -0.2) is 0 Å². The predicted molar refractivity (Wildman–Crippen MR) is 67.3 cm³/mol. The molecule has 17 heavy (non-hydrogen) atoms. The number of aromatic nitrogens is 1. The highest BCUT2D eigenvalue weighted by molar-refractivity contribution is 5.71. The van der Waals surface area contributed by atoms with Crippen molar-refractivity contribution in [2.45, 2.75) is 46.1 Å². The van der Waals surface area contributed by atoms with Gasteiger partial charge in [-0.15, -0.1) is 0 Å². The molecule has 0 aliphatic heterocycles. The Balaban J connectivity index is 2.24. The molecule has 0 aliphatic rings. The number of nitrogens with zero attached hydrogens (tertiary/aromatic N) is 1. The number of esters is 1. The van der Waals surface area contributed by atoms with E-state index in [1.165, 1.54) is 12.8 Å². The summed E-state index contributed by atoms with van der Waals surface area (Å²) < 4.78 is 5.24. The highest BCUT2D eigenvalue weighted by Gasteiger charge is 2.13. The Morgan fingerprint density at radius 2 is 2.29 bits per heavy atom. The van der Waals surface area contributed by atoms with E-state index >= 15 is 0 Å². The smallest absolute Gasteiger partial charge is 0.308 e. The van der Waals surface area contributed by atoms with Crippen LogP contribution < -0.4 is 0 Å². The number of ether oxygens (including phenoxy) is 1. The van der Waals surface area contributed by atoms with Gasteiger partial charge in [0.25, 0.3) is 0 Å². The first-order chi connectivity index (χ1) is 8.24. The van der Waals surface area contributed by atoms with Gasteiger partial charge < -0.3 is 4.74 Å². The van der Waals surface area contributed by atoms with E-state index in [-0.39, 0.29) is 11.9 Å². The molecule has 1 atom stereocenters. The Hall–Kier alpha value is -1.38. The highest BCUT2D eigenvalue weighted by atomic mass is 16.5. The maximum absolute atomic E-state index is 11.7. The summed E-state index contributed by atoms with van der Waals surface area (Å²) in [6.45, 7) is 4.41. The van der Waals surface area contributed by atoms with Crippen molar-refractivity contribution >= 4 is 5.97 Å². The normalized spacial score (nSPS) is 12.1. The molecule has 0 aromatic carbocycles. The Bertz CT molecular complexity index is 324. The largest absolute Gasteiger partial charge is 0.461 e. The summed E-state index contributed by atoms with van der Waals surface area (Å²) in [6.07, 6.45) is 7.80. The third-order valence-corrected chi connectivity index (χ3v) is 2.75. The SMILES string of the molecule is CCCCCC(C)C(=O)OCc1cccnc1. The zero-order valence-electron chi connectivity index (χ0n) is 10.7. The average Bonchev–Trinajstić information content (AvgIpc) is 2.37. The molecule has 0 saturated heterocycles. The molecule has 94 valence electrons. The standard InChI is InChI=1S/C14H21NO2/c1-3-4-5-7-12(2)14(16)17-11-13-8-6-9-15-10-13/h6,8-10,12H,3-5,7,11H2,1-2H3. The Morgan fingerprint density at radius 3 is 2.94 bits per heavy atom. The molecule has 0 radical (unpaired) electrons. The molecule has 1 aromatic heterocycles. The zero-order valence-corrected chi connectivity index (χ0v) is 10.7. The first-order valence-corrected chi connectivity index (χ1v) is 6.29. The zero-order chi connectivity index (χ0) is 12.5. The van der Waals surface area contributed by atoms with E-state index in [0.29, 0.717) is 6.61 Å². The van der Waals surface area contributed by atoms with Crippen LogP contribution in [0.4, 0.5) is 0 Å². The van der Waals surface area contributed by atoms with Gasteiger partial charge in [0.1, 0.15) is 6.61 Å². The number of rotatable bonds is 7. The topological polar surface area (TPSA) is 39.2 Å². The molecule has 0 fully saturated rings. The molecule has 0 saturated carbocycles. The molecular formula is C14H21NO2. The lowest BCUT2D eigenvalue weighted by atomic mass is 10.0. The van der Waals surface area contributed by atoms with Crippen LogP contribution in [0, 0.1) is 5.92 Å². The van der Waals surface area contributed by atoms with Crippen LogP contribution in [0.15, 0.2) is 24.5 Å². The van der Waals surface area contributed by atoms with Gasteiger partial charge >= 0.3 is 5.97 Å². The van der Waals surface area contributed by atoms with E-state index in [9.17, 15) is 4.79 Å². The van der Waals surface area contributed by atoms with E-state index < -0.39 is 0 Å². The van der Waals surface area contributed by atoms with E-state index in [4.69, 9.17) is 4.74 Å². The predicted octanol–water partition coefficient (Wildman–Crippen LogP) is 3.34. The molecule has 0 bridgehead atoms. The molecule has 1 rings (SSSR count). The Kier molecular flexibility index (Phi) is 6.30. The summed E-state index contributed by atoms with van der Waals surface area (Å²) >= 11 is 0. The summed E-state index contributed by atoms with van der Waals surface area (Å²) in [4.78, 5) is 15.6. The van der Waals surface area contributed by atoms with Crippen LogP contribution in [0.2, 0.25) is 0 Å². The quantitative estimate of drug-likeness (QED) is 0.537. The number of pyridine rings is 1. The fraction of sp³-hybridized carbons (Fsp3) is 0.571. The second-order valence-electron chi connectivity index (χ2n) is 4.37. The van der Waals surface area contributed by atoms with Crippen LogP contribution in [0.25, 0.3) is 0 Å². The van der Waals surface area contributed by atoms with Crippen LogP contribution in [-0.2, 0) is 16.1 Å². The van der Waals surface area contributed by atoms with Crippen LogP contribution in [0.5, 0.6) is 0 Å². The summed E-state index contributed by atoms with van der Waals surface area (Å²) in [5.41, 5.74) is 0.932. The summed E-state index contributed by atoms with van der Waals surface area (Å²) in [5, 5.41) is 0. The molecular weight excluding hydrogens is 214 g/mol. The lowest BCUT2D eigenvalue weighted by molar-refractivity contribution is -0.149. The van der Waals surface area contributed by atoms with Gasteiger partial charge in [-0.1, -0.05) is 39.2 Å². The second-order valence-corrected chi connectivity index (χ2v) is 4.37. The summed E-state index contributed by atoms with van der Waals surface area (Å²) in [6, 6.07) is 3.75. The van der Waals surface area contributed by atoms with Crippen molar-refractivity contribution in [1.82, 2.24) is 4.98 Å². The molecule has 3 heteroatoms. The van der Waals surface area contributed by atoms with Gasteiger partial charge in [-0.05, 0) is 12.5 Å². The molecule has 3 nitrogen and oxygen atoms in total. The number of unbranched alkanes of at least 4 members (excludes halogenated alkanes) is 2. The molecule has 0 aliphatic carbocycles. The second kappa shape index (κ2) is 7.82. The van der Waals surface area contributed by atoms with E-state index in [1.807, 2.05) is 19.1 Å². The van der Waals surface area contributed by atoms with Crippen molar-refractivity contribution in [3.8, 4) is 0 Å². The monoisotopic (exact) mass is 235 g/mol. The van der Waals surface area contributed by atoms with Crippen molar-refractivity contribution in [2.75, 3.05) is 0 Å². The van der Waals surface area contributed by atoms with Gasteiger partial charge in [-0.3, -0.25) is 9.78 Å². The van der Waals surface area contributed by atoms with Crippen LogP contribution >= 0.6 is 0 Å². The van der Waals surface area contributed by atoms with Gasteiger partial charge in [0.2, 0.25) is 0 Å². The number of hydrogen-bond donors (Lipinski definition) is 0. The van der Waals surface area contributed by atoms with Gasteiger partial charge in [0.15, 0.2) is 0 Å². The van der Waals surface area contributed by atoms with Gasteiger partial charge in [-0.2, -0.15) is 0 Å². The van der Waals surface area contributed by atoms with Crippen molar-refractivity contribution in [3.63, 3.8) is 0 Å². The third kappa shape index (κ3) is 5.48. The van der Waals surface area contributed by atoms with Crippen molar-refractivity contribution in [3.05, 3.63) is 30.1 Å². The first kappa shape index (κ1) is 13.7. The lowest BCUT2D eigenvalue weighted by Crippen LogP contribution is -2.14. The van der Waals surface area contributed by atoms with Crippen molar-refractivity contribution < 1.29 is 9.53 Å². The molecule has 0 spiro atoms. The van der Waals surface area contributed by atoms with Crippen molar-refractivity contribution in [2.24, 2.45) is 5.92 Å². The van der Waals surface area contributed by atoms with Crippen LogP contribution in [-0.4, -0.2) is 11.0 Å². The summed E-state index contributed by atoms with van der Waals surface area (Å²) in [7, 11) is 0. The minimum atomic E-state index is -0.107. The van der Waals surface area contributed by atoms with Gasteiger partial charge in [0.05, 0.1) is 5.92 Å². The third-order valence-electron chi connectivity index (χ3n) is 2.75. The Labute approximate surface area is 103 Å². The molecule has 1 unspecified atom stereocenters. The molecule has 1 aromatic rings. The van der Waals surface area contributed by atoms with E-state index in [1.54, 1.807) is 12.4 Å². The maximum Gasteiger partial charge on any atom is 0.308 e. The molecule has 1 heterocycles. The highest BCUT2D eigenvalue weighted by Crippen LogP contribution is 2.12. The minimum Gasteiger partial charge on any atom is -0.461 e. The van der Waals surface area contributed by atoms with Crippen LogP contribution in [0.3, 0.4) is 0 Å². The number of carbonyl (C=O) groups is 1. The van der Waals surface area contributed by atoms with Crippen LogP contribution in [0.1, 0.15) is 45.1 Å².